The number of nitrogens with one attached hydrogen (secondary N) is 1. The van der Waals surface area contributed by atoms with E-state index in [4.69, 9.17) is 0 Å². The van der Waals surface area contributed by atoms with Crippen LogP contribution in [0, 0.1) is 0 Å². The SMILES string of the molecule is C=CCn1ncc(NCc2ccc(CC)cc2)c(Br)c1=O. The zero-order valence-corrected chi connectivity index (χ0v) is 13.6. The molecule has 5 heteroatoms. The first-order valence-corrected chi connectivity index (χ1v) is 7.63. The maximum atomic E-state index is 12.0. The molecule has 2 aromatic rings. The Bertz CT molecular complexity index is 677. The summed E-state index contributed by atoms with van der Waals surface area (Å²) in [5.41, 5.74) is 3.00. The van der Waals surface area contributed by atoms with Gasteiger partial charge < -0.3 is 5.32 Å². The second-order valence-corrected chi connectivity index (χ2v) is 5.46. The molecule has 0 spiro atoms. The van der Waals surface area contributed by atoms with E-state index in [1.807, 2.05) is 0 Å². The van der Waals surface area contributed by atoms with Crippen molar-refractivity contribution in [2.45, 2.75) is 26.4 Å². The zero-order valence-electron chi connectivity index (χ0n) is 12.0. The highest BCUT2D eigenvalue weighted by molar-refractivity contribution is 9.10. The molecule has 110 valence electrons. The summed E-state index contributed by atoms with van der Waals surface area (Å²) in [6, 6.07) is 8.41. The lowest BCUT2D eigenvalue weighted by molar-refractivity contribution is 0.649. The molecule has 0 fully saturated rings. The van der Waals surface area contributed by atoms with Crippen LogP contribution in [0.2, 0.25) is 0 Å². The summed E-state index contributed by atoms with van der Waals surface area (Å²) in [6.45, 7) is 6.79. The Labute approximate surface area is 132 Å². The van der Waals surface area contributed by atoms with E-state index in [1.165, 1.54) is 10.2 Å². The Morgan fingerprint density at radius 1 is 1.33 bits per heavy atom. The van der Waals surface area contributed by atoms with Crippen LogP contribution in [0.25, 0.3) is 0 Å². The molecule has 1 N–H and O–H groups in total. The number of aromatic nitrogens is 2. The zero-order chi connectivity index (χ0) is 15.2. The number of hydrogen-bond acceptors (Lipinski definition) is 3. The van der Waals surface area contributed by atoms with Gasteiger partial charge in [0.25, 0.3) is 5.56 Å². The number of aryl methyl sites for hydroxylation is 1. The smallest absolute Gasteiger partial charge is 0.283 e. The van der Waals surface area contributed by atoms with Crippen LogP contribution in [0.5, 0.6) is 0 Å². The van der Waals surface area contributed by atoms with Crippen molar-refractivity contribution in [3.05, 3.63) is 69.1 Å². The molecular weight excluding hydrogens is 330 g/mol. The first-order chi connectivity index (χ1) is 10.2. The van der Waals surface area contributed by atoms with Crippen LogP contribution in [0.4, 0.5) is 5.69 Å². The molecule has 1 aromatic heterocycles. The molecule has 0 unspecified atom stereocenters. The Morgan fingerprint density at radius 3 is 2.62 bits per heavy atom. The lowest BCUT2D eigenvalue weighted by atomic mass is 10.1. The van der Waals surface area contributed by atoms with Gasteiger partial charge in [0.1, 0.15) is 4.47 Å². The number of nitrogens with zero attached hydrogens (tertiary/aromatic N) is 2. The molecule has 0 amide bonds. The molecular formula is C16H18BrN3O. The summed E-state index contributed by atoms with van der Waals surface area (Å²) in [5.74, 6) is 0. The monoisotopic (exact) mass is 347 g/mol. The highest BCUT2D eigenvalue weighted by Gasteiger charge is 2.07. The van der Waals surface area contributed by atoms with Crippen molar-refractivity contribution >= 4 is 21.6 Å². The van der Waals surface area contributed by atoms with E-state index < -0.39 is 0 Å². The van der Waals surface area contributed by atoms with Gasteiger partial charge in [0, 0.05) is 6.54 Å². The Hall–Kier alpha value is -1.88. The minimum absolute atomic E-state index is 0.166. The van der Waals surface area contributed by atoms with Crippen LogP contribution in [0.15, 0.2) is 52.4 Å². The van der Waals surface area contributed by atoms with Gasteiger partial charge in [-0.3, -0.25) is 4.79 Å². The molecule has 0 aliphatic carbocycles. The van der Waals surface area contributed by atoms with E-state index in [-0.39, 0.29) is 5.56 Å². The van der Waals surface area contributed by atoms with Crippen molar-refractivity contribution in [3.63, 3.8) is 0 Å². The third kappa shape index (κ3) is 3.82. The van der Waals surface area contributed by atoms with Crippen molar-refractivity contribution < 1.29 is 0 Å². The lowest BCUT2D eigenvalue weighted by Crippen LogP contribution is -2.23. The third-order valence-corrected chi connectivity index (χ3v) is 3.97. The van der Waals surface area contributed by atoms with Gasteiger partial charge in [0.05, 0.1) is 18.4 Å². The average molecular weight is 348 g/mol. The average Bonchev–Trinajstić information content (AvgIpc) is 2.52. The van der Waals surface area contributed by atoms with E-state index in [0.29, 0.717) is 23.2 Å². The molecule has 1 aromatic carbocycles. The van der Waals surface area contributed by atoms with Crippen LogP contribution in [-0.2, 0) is 19.5 Å². The van der Waals surface area contributed by atoms with Gasteiger partial charge in [0.15, 0.2) is 0 Å². The van der Waals surface area contributed by atoms with Crippen LogP contribution in [-0.4, -0.2) is 9.78 Å². The van der Waals surface area contributed by atoms with Gasteiger partial charge in [-0.05, 0) is 33.5 Å². The summed E-state index contributed by atoms with van der Waals surface area (Å²) in [4.78, 5) is 12.0. The van der Waals surface area contributed by atoms with E-state index in [1.54, 1.807) is 12.3 Å². The van der Waals surface area contributed by atoms with E-state index in [2.05, 4.69) is 64.1 Å². The van der Waals surface area contributed by atoms with Crippen LogP contribution in [0.1, 0.15) is 18.1 Å². The van der Waals surface area contributed by atoms with Crippen LogP contribution >= 0.6 is 15.9 Å². The summed E-state index contributed by atoms with van der Waals surface area (Å²) >= 11 is 3.33. The third-order valence-electron chi connectivity index (χ3n) is 3.20. The van der Waals surface area contributed by atoms with Crippen LogP contribution < -0.4 is 10.9 Å². The Balaban J connectivity index is 2.10. The summed E-state index contributed by atoms with van der Waals surface area (Å²) in [5, 5.41) is 7.34. The highest BCUT2D eigenvalue weighted by atomic mass is 79.9. The summed E-state index contributed by atoms with van der Waals surface area (Å²) < 4.78 is 1.85. The van der Waals surface area contributed by atoms with Gasteiger partial charge in [0.2, 0.25) is 0 Å². The molecule has 0 saturated heterocycles. The molecule has 4 nitrogen and oxygen atoms in total. The van der Waals surface area contributed by atoms with Crippen molar-refractivity contribution in [2.75, 3.05) is 5.32 Å². The first kappa shape index (κ1) is 15.5. The minimum atomic E-state index is -0.166. The Kier molecular flexibility index (Phi) is 5.33. The molecule has 0 saturated carbocycles. The van der Waals surface area contributed by atoms with Gasteiger partial charge in [-0.15, -0.1) is 6.58 Å². The predicted octanol–water partition coefficient (Wildman–Crippen LogP) is 3.37. The van der Waals surface area contributed by atoms with E-state index in [0.717, 1.165) is 12.0 Å². The van der Waals surface area contributed by atoms with Gasteiger partial charge in [-0.2, -0.15) is 5.10 Å². The molecule has 1 heterocycles. The molecule has 0 aliphatic heterocycles. The summed E-state index contributed by atoms with van der Waals surface area (Å²) in [7, 11) is 0. The maximum absolute atomic E-state index is 12.0. The quantitative estimate of drug-likeness (QED) is 0.815. The normalized spacial score (nSPS) is 10.4. The number of benzene rings is 1. The fourth-order valence-electron chi connectivity index (χ4n) is 1.93. The molecule has 0 aliphatic rings. The van der Waals surface area contributed by atoms with Crippen molar-refractivity contribution in [3.8, 4) is 0 Å². The lowest BCUT2D eigenvalue weighted by Gasteiger charge is -2.10. The number of anilines is 1. The van der Waals surface area contributed by atoms with Crippen molar-refractivity contribution in [2.24, 2.45) is 0 Å². The second kappa shape index (κ2) is 7.22. The number of hydrogen-bond donors (Lipinski definition) is 1. The molecule has 0 radical (unpaired) electrons. The summed E-state index contributed by atoms with van der Waals surface area (Å²) in [6.07, 6.45) is 4.32. The maximum Gasteiger partial charge on any atom is 0.283 e. The van der Waals surface area contributed by atoms with E-state index in [9.17, 15) is 4.79 Å². The van der Waals surface area contributed by atoms with Gasteiger partial charge in [-0.25, -0.2) is 4.68 Å². The number of allylic oxidation sites excluding steroid dienone is 1. The second-order valence-electron chi connectivity index (χ2n) is 4.67. The highest BCUT2D eigenvalue weighted by Crippen LogP contribution is 2.17. The molecule has 0 atom stereocenters. The van der Waals surface area contributed by atoms with Crippen molar-refractivity contribution in [1.29, 1.82) is 0 Å². The first-order valence-electron chi connectivity index (χ1n) is 6.84. The van der Waals surface area contributed by atoms with Crippen LogP contribution in [0.3, 0.4) is 0 Å². The molecule has 2 rings (SSSR count). The fourth-order valence-corrected chi connectivity index (χ4v) is 2.38. The van der Waals surface area contributed by atoms with Gasteiger partial charge in [-0.1, -0.05) is 37.3 Å². The molecule has 21 heavy (non-hydrogen) atoms. The Morgan fingerprint density at radius 2 is 2.00 bits per heavy atom. The fraction of sp³-hybridized carbons (Fsp3) is 0.250. The largest absolute Gasteiger partial charge is 0.379 e. The minimum Gasteiger partial charge on any atom is -0.379 e. The number of rotatable bonds is 6. The standard InChI is InChI=1S/C16H18BrN3O/c1-3-9-20-16(21)15(17)14(11-19-20)18-10-13-7-5-12(4-2)6-8-13/h3,5-8,11,18H,1,4,9-10H2,2H3. The molecule has 0 bridgehead atoms. The van der Waals surface area contributed by atoms with E-state index >= 15 is 0 Å². The topological polar surface area (TPSA) is 46.9 Å². The van der Waals surface area contributed by atoms with Crippen molar-refractivity contribution in [1.82, 2.24) is 9.78 Å². The predicted molar refractivity (Wildman–Crippen MR) is 89.5 cm³/mol. The number of halogens is 1. The van der Waals surface area contributed by atoms with Gasteiger partial charge >= 0.3 is 0 Å².